The summed E-state index contributed by atoms with van der Waals surface area (Å²) in [6, 6.07) is 3.44. The molecule has 21 heavy (non-hydrogen) atoms. The minimum Gasteiger partial charge on any atom is -0.481 e. The van der Waals surface area contributed by atoms with Gasteiger partial charge >= 0.3 is 0 Å². The zero-order valence-electron chi connectivity index (χ0n) is 12.5. The first-order chi connectivity index (χ1) is 10.0. The van der Waals surface area contributed by atoms with Crippen LogP contribution in [0.25, 0.3) is 0 Å². The molecule has 2 aromatic rings. The normalized spacial score (nSPS) is 10.5. The predicted octanol–water partition coefficient (Wildman–Crippen LogP) is 2.13. The fraction of sp³-hybridized carbons (Fsp3) is 0.357. The first-order valence-electron chi connectivity index (χ1n) is 6.49. The molecule has 1 N–H and O–H groups in total. The van der Waals surface area contributed by atoms with Gasteiger partial charge in [-0.1, -0.05) is 0 Å². The molecule has 1 amide bonds. The Morgan fingerprint density at radius 3 is 2.62 bits per heavy atom. The van der Waals surface area contributed by atoms with Gasteiger partial charge in [0.1, 0.15) is 5.56 Å². The van der Waals surface area contributed by atoms with Crippen LogP contribution in [0.15, 0.2) is 24.5 Å². The van der Waals surface area contributed by atoms with Crippen LogP contribution in [0.5, 0.6) is 11.8 Å². The number of nitrogens with one attached hydrogen (secondary N) is 1. The van der Waals surface area contributed by atoms with E-state index in [1.165, 1.54) is 14.2 Å². The molecule has 0 aromatic carbocycles. The molecule has 0 spiro atoms. The van der Waals surface area contributed by atoms with E-state index in [9.17, 15) is 4.79 Å². The quantitative estimate of drug-likeness (QED) is 0.912. The molecular formula is C14H18N4O3. The number of nitrogens with zero attached hydrogens (tertiary/aromatic N) is 3. The van der Waals surface area contributed by atoms with Crippen LogP contribution in [-0.2, 0) is 0 Å². The average molecular weight is 290 g/mol. The van der Waals surface area contributed by atoms with Gasteiger partial charge in [0, 0.05) is 18.3 Å². The van der Waals surface area contributed by atoms with Gasteiger partial charge in [0.25, 0.3) is 5.91 Å². The van der Waals surface area contributed by atoms with Crippen molar-refractivity contribution in [3.8, 4) is 11.8 Å². The number of pyridine rings is 1. The molecule has 0 saturated heterocycles. The van der Waals surface area contributed by atoms with Crippen molar-refractivity contribution in [3.05, 3.63) is 30.1 Å². The number of carbonyl (C=O) groups excluding carboxylic acids is 1. The lowest BCUT2D eigenvalue weighted by Crippen LogP contribution is -2.13. The summed E-state index contributed by atoms with van der Waals surface area (Å²) in [6.45, 7) is 4.02. The maximum atomic E-state index is 12.3. The van der Waals surface area contributed by atoms with Gasteiger partial charge in [0.05, 0.1) is 26.1 Å². The molecule has 0 aliphatic carbocycles. The Bertz CT molecular complexity index is 637. The number of hydrogen-bond donors (Lipinski definition) is 1. The zero-order chi connectivity index (χ0) is 15.4. The van der Waals surface area contributed by atoms with Crippen LogP contribution in [0.4, 0.5) is 5.69 Å². The van der Waals surface area contributed by atoms with E-state index in [-0.39, 0.29) is 17.8 Å². The smallest absolute Gasteiger partial charge is 0.261 e. The highest BCUT2D eigenvalue weighted by Gasteiger charge is 2.15. The molecule has 112 valence electrons. The van der Waals surface area contributed by atoms with Gasteiger partial charge in [-0.05, 0) is 19.9 Å². The number of carbonyl (C=O) groups is 1. The van der Waals surface area contributed by atoms with E-state index in [4.69, 9.17) is 9.47 Å². The molecule has 7 heteroatoms. The van der Waals surface area contributed by atoms with Crippen molar-refractivity contribution in [3.63, 3.8) is 0 Å². The Balaban J connectivity index is 2.19. The highest BCUT2D eigenvalue weighted by molar-refractivity contribution is 6.05. The summed E-state index contributed by atoms with van der Waals surface area (Å²) in [6.07, 6.45) is 3.37. The second-order valence-electron chi connectivity index (χ2n) is 4.67. The van der Waals surface area contributed by atoms with E-state index in [1.54, 1.807) is 29.2 Å². The number of methoxy groups -OCH3 is 2. The van der Waals surface area contributed by atoms with E-state index >= 15 is 0 Å². The van der Waals surface area contributed by atoms with E-state index < -0.39 is 0 Å². The van der Waals surface area contributed by atoms with Gasteiger partial charge in [-0.2, -0.15) is 10.1 Å². The van der Waals surface area contributed by atoms with Crippen LogP contribution in [0.1, 0.15) is 30.2 Å². The SMILES string of the molecule is COc1ccc(C(=O)Nc2cnn(C(C)C)c2)c(OC)n1. The van der Waals surface area contributed by atoms with Crippen molar-refractivity contribution in [1.82, 2.24) is 14.8 Å². The highest BCUT2D eigenvalue weighted by atomic mass is 16.5. The standard InChI is InChI=1S/C14H18N4O3/c1-9(2)18-8-10(7-15-18)16-13(19)11-5-6-12(20-3)17-14(11)21-4/h5-9H,1-4H3,(H,16,19). The highest BCUT2D eigenvalue weighted by Crippen LogP contribution is 2.21. The summed E-state index contributed by atoms with van der Waals surface area (Å²) < 4.78 is 11.9. The number of ether oxygens (including phenoxy) is 2. The Kier molecular flexibility index (Phi) is 4.42. The van der Waals surface area contributed by atoms with Crippen molar-refractivity contribution >= 4 is 11.6 Å². The summed E-state index contributed by atoms with van der Waals surface area (Å²) in [5.74, 6) is 0.282. The Labute approximate surface area is 122 Å². The fourth-order valence-corrected chi connectivity index (χ4v) is 1.75. The molecule has 2 heterocycles. The van der Waals surface area contributed by atoms with Gasteiger partial charge in [0.15, 0.2) is 0 Å². The van der Waals surface area contributed by atoms with Crippen molar-refractivity contribution < 1.29 is 14.3 Å². The summed E-state index contributed by atoms with van der Waals surface area (Å²) in [5, 5.41) is 6.93. The van der Waals surface area contributed by atoms with Crippen LogP contribution < -0.4 is 14.8 Å². The molecule has 0 bridgehead atoms. The Morgan fingerprint density at radius 1 is 1.29 bits per heavy atom. The number of rotatable bonds is 5. The maximum Gasteiger partial charge on any atom is 0.261 e. The van der Waals surface area contributed by atoms with E-state index in [0.29, 0.717) is 17.1 Å². The number of anilines is 1. The Hall–Kier alpha value is -2.57. The lowest BCUT2D eigenvalue weighted by atomic mass is 10.2. The molecule has 0 fully saturated rings. The van der Waals surface area contributed by atoms with Crippen LogP contribution in [0, 0.1) is 0 Å². The molecule has 2 rings (SSSR count). The summed E-state index contributed by atoms with van der Waals surface area (Å²) >= 11 is 0. The Morgan fingerprint density at radius 2 is 2.05 bits per heavy atom. The second kappa shape index (κ2) is 6.25. The lowest BCUT2D eigenvalue weighted by molar-refractivity contribution is 0.102. The topological polar surface area (TPSA) is 78.3 Å². The van der Waals surface area contributed by atoms with Crippen molar-refractivity contribution in [2.45, 2.75) is 19.9 Å². The molecule has 0 atom stereocenters. The molecular weight excluding hydrogens is 272 g/mol. The molecule has 0 unspecified atom stereocenters. The van der Waals surface area contributed by atoms with Crippen LogP contribution in [0.3, 0.4) is 0 Å². The minimum atomic E-state index is -0.315. The predicted molar refractivity (Wildman–Crippen MR) is 77.9 cm³/mol. The van der Waals surface area contributed by atoms with Crippen molar-refractivity contribution in [2.75, 3.05) is 19.5 Å². The largest absolute Gasteiger partial charge is 0.481 e. The van der Waals surface area contributed by atoms with Crippen molar-refractivity contribution in [1.29, 1.82) is 0 Å². The van der Waals surface area contributed by atoms with Crippen LogP contribution >= 0.6 is 0 Å². The van der Waals surface area contributed by atoms with Crippen LogP contribution in [-0.4, -0.2) is 34.9 Å². The van der Waals surface area contributed by atoms with Gasteiger partial charge < -0.3 is 14.8 Å². The van der Waals surface area contributed by atoms with Gasteiger partial charge in [-0.3, -0.25) is 9.48 Å². The third-order valence-electron chi connectivity index (χ3n) is 2.87. The zero-order valence-corrected chi connectivity index (χ0v) is 12.5. The number of amides is 1. The molecule has 0 radical (unpaired) electrons. The van der Waals surface area contributed by atoms with Gasteiger partial charge in [-0.15, -0.1) is 0 Å². The third kappa shape index (κ3) is 3.31. The first kappa shape index (κ1) is 14.8. The summed E-state index contributed by atoms with van der Waals surface area (Å²) in [5.41, 5.74) is 0.946. The van der Waals surface area contributed by atoms with E-state index in [1.807, 2.05) is 13.8 Å². The monoisotopic (exact) mass is 290 g/mol. The number of aromatic nitrogens is 3. The van der Waals surface area contributed by atoms with Gasteiger partial charge in [-0.25, -0.2) is 0 Å². The molecule has 7 nitrogen and oxygen atoms in total. The first-order valence-corrected chi connectivity index (χ1v) is 6.49. The van der Waals surface area contributed by atoms with Gasteiger partial charge in [0.2, 0.25) is 11.8 Å². The third-order valence-corrected chi connectivity index (χ3v) is 2.87. The summed E-state index contributed by atoms with van der Waals surface area (Å²) in [4.78, 5) is 16.3. The average Bonchev–Trinajstić information content (AvgIpc) is 2.95. The van der Waals surface area contributed by atoms with E-state index in [2.05, 4.69) is 15.4 Å². The fourth-order valence-electron chi connectivity index (χ4n) is 1.75. The molecule has 0 aliphatic rings. The lowest BCUT2D eigenvalue weighted by Gasteiger charge is -2.08. The number of hydrogen-bond acceptors (Lipinski definition) is 5. The molecule has 0 saturated carbocycles. The summed E-state index contributed by atoms with van der Waals surface area (Å²) in [7, 11) is 2.96. The maximum absolute atomic E-state index is 12.3. The van der Waals surface area contributed by atoms with E-state index in [0.717, 1.165) is 0 Å². The second-order valence-corrected chi connectivity index (χ2v) is 4.67. The molecule has 2 aromatic heterocycles. The minimum absolute atomic E-state index is 0.211. The van der Waals surface area contributed by atoms with Crippen LogP contribution in [0.2, 0.25) is 0 Å². The van der Waals surface area contributed by atoms with Crippen molar-refractivity contribution in [2.24, 2.45) is 0 Å². The molecule has 0 aliphatic heterocycles.